The number of benzene rings is 2. The van der Waals surface area contributed by atoms with E-state index in [9.17, 15) is 9.59 Å². The molecule has 4 N–H and O–H groups in total. The summed E-state index contributed by atoms with van der Waals surface area (Å²) in [5.41, 5.74) is 6.50. The first-order chi connectivity index (χ1) is 11.6. The van der Waals surface area contributed by atoms with Crippen LogP contribution in [-0.2, 0) is 16.0 Å². The highest BCUT2D eigenvalue weighted by molar-refractivity contribution is 5.88. The number of hydrogen-bond donors (Lipinski definition) is 3. The van der Waals surface area contributed by atoms with Crippen LogP contribution in [0, 0.1) is 5.92 Å². The summed E-state index contributed by atoms with van der Waals surface area (Å²) in [6.07, 6.45) is 2.01. The van der Waals surface area contributed by atoms with Gasteiger partial charge in [0.2, 0.25) is 11.8 Å². The number of carbonyl (C=O) groups excluding carboxylic acids is 2. The number of carbonyl (C=O) groups is 2. The smallest absolute Gasteiger partial charge is 0.240 e. The monoisotopic (exact) mass is 325 g/mol. The number of fused-ring (bicyclic) bond motifs is 1. The van der Waals surface area contributed by atoms with Gasteiger partial charge in [0.25, 0.3) is 0 Å². The van der Waals surface area contributed by atoms with Gasteiger partial charge in [-0.15, -0.1) is 0 Å². The minimum absolute atomic E-state index is 0.0373. The van der Waals surface area contributed by atoms with Gasteiger partial charge in [-0.25, -0.2) is 0 Å². The molecule has 0 radical (unpaired) electrons. The Hall–Kier alpha value is -2.40. The highest BCUT2D eigenvalue weighted by Gasteiger charge is 2.25. The average molecular weight is 325 g/mol. The summed E-state index contributed by atoms with van der Waals surface area (Å²) in [6.45, 7) is 1.67. The molecule has 2 aromatic carbocycles. The molecule has 3 rings (SSSR count). The van der Waals surface area contributed by atoms with Crippen LogP contribution < -0.4 is 16.4 Å². The molecule has 0 bridgehead atoms. The SMILES string of the molecule is NC(=O)[C@@H](Cc1ccc2ccccc2c1)NC(=O)C1CCNCC1. The number of piperidine rings is 1. The number of primary amides is 1. The quantitative estimate of drug-likeness (QED) is 0.776. The molecule has 1 aliphatic rings. The largest absolute Gasteiger partial charge is 0.368 e. The zero-order valence-corrected chi connectivity index (χ0v) is 13.6. The average Bonchev–Trinajstić information content (AvgIpc) is 2.61. The van der Waals surface area contributed by atoms with Crippen molar-refractivity contribution in [3.8, 4) is 0 Å². The second kappa shape index (κ2) is 7.45. The first-order valence-electron chi connectivity index (χ1n) is 8.41. The lowest BCUT2D eigenvalue weighted by Gasteiger charge is -2.24. The normalized spacial score (nSPS) is 16.7. The molecular formula is C19H23N3O2. The third-order valence-corrected chi connectivity index (χ3v) is 4.62. The fourth-order valence-corrected chi connectivity index (χ4v) is 3.20. The van der Waals surface area contributed by atoms with E-state index in [1.807, 2.05) is 42.5 Å². The highest BCUT2D eigenvalue weighted by Crippen LogP contribution is 2.17. The van der Waals surface area contributed by atoms with E-state index in [1.54, 1.807) is 0 Å². The van der Waals surface area contributed by atoms with Crippen LogP contribution in [0.4, 0.5) is 0 Å². The van der Waals surface area contributed by atoms with Gasteiger partial charge in [0.1, 0.15) is 6.04 Å². The van der Waals surface area contributed by atoms with Crippen LogP contribution in [0.5, 0.6) is 0 Å². The van der Waals surface area contributed by atoms with Gasteiger partial charge in [-0.2, -0.15) is 0 Å². The molecule has 0 aromatic heterocycles. The zero-order valence-electron chi connectivity index (χ0n) is 13.6. The summed E-state index contributed by atoms with van der Waals surface area (Å²) in [5, 5.41) is 8.33. The second-order valence-corrected chi connectivity index (χ2v) is 6.37. The van der Waals surface area contributed by atoms with Gasteiger partial charge < -0.3 is 16.4 Å². The predicted molar refractivity (Wildman–Crippen MR) is 94.4 cm³/mol. The fraction of sp³-hybridized carbons (Fsp3) is 0.368. The van der Waals surface area contributed by atoms with Crippen molar-refractivity contribution in [1.29, 1.82) is 0 Å². The summed E-state index contributed by atoms with van der Waals surface area (Å²) >= 11 is 0. The number of hydrogen-bond acceptors (Lipinski definition) is 3. The molecular weight excluding hydrogens is 302 g/mol. The Bertz CT molecular complexity index is 738. The molecule has 1 saturated heterocycles. The Kier molecular flexibility index (Phi) is 5.11. The van der Waals surface area contributed by atoms with E-state index in [-0.39, 0.29) is 11.8 Å². The molecule has 0 saturated carbocycles. The lowest BCUT2D eigenvalue weighted by Crippen LogP contribution is -2.49. The van der Waals surface area contributed by atoms with Crippen molar-refractivity contribution in [2.45, 2.75) is 25.3 Å². The summed E-state index contributed by atoms with van der Waals surface area (Å²) in [4.78, 5) is 24.1. The van der Waals surface area contributed by atoms with E-state index in [1.165, 1.54) is 0 Å². The minimum Gasteiger partial charge on any atom is -0.368 e. The Morgan fingerprint density at radius 3 is 2.54 bits per heavy atom. The van der Waals surface area contributed by atoms with E-state index >= 15 is 0 Å². The van der Waals surface area contributed by atoms with Gasteiger partial charge in [0, 0.05) is 12.3 Å². The van der Waals surface area contributed by atoms with Crippen LogP contribution in [0.2, 0.25) is 0 Å². The molecule has 0 unspecified atom stereocenters. The van der Waals surface area contributed by atoms with Crippen LogP contribution in [0.1, 0.15) is 18.4 Å². The molecule has 2 aromatic rings. The summed E-state index contributed by atoms with van der Waals surface area (Å²) < 4.78 is 0. The molecule has 5 nitrogen and oxygen atoms in total. The molecule has 24 heavy (non-hydrogen) atoms. The second-order valence-electron chi connectivity index (χ2n) is 6.37. The van der Waals surface area contributed by atoms with Gasteiger partial charge in [-0.05, 0) is 42.3 Å². The third-order valence-electron chi connectivity index (χ3n) is 4.62. The van der Waals surface area contributed by atoms with Gasteiger partial charge in [0.05, 0.1) is 0 Å². The number of nitrogens with two attached hydrogens (primary N) is 1. The predicted octanol–water partition coefficient (Wildman–Crippen LogP) is 1.35. The molecule has 1 heterocycles. The molecule has 126 valence electrons. The zero-order chi connectivity index (χ0) is 16.9. The lowest BCUT2D eigenvalue weighted by atomic mass is 9.96. The topological polar surface area (TPSA) is 84.2 Å². The Morgan fingerprint density at radius 1 is 1.12 bits per heavy atom. The number of rotatable bonds is 5. The van der Waals surface area contributed by atoms with Gasteiger partial charge in [-0.1, -0.05) is 42.5 Å². The number of nitrogens with one attached hydrogen (secondary N) is 2. The Balaban J connectivity index is 1.70. The van der Waals surface area contributed by atoms with Crippen molar-refractivity contribution < 1.29 is 9.59 Å². The summed E-state index contributed by atoms with van der Waals surface area (Å²) in [6, 6.07) is 13.4. The first kappa shape index (κ1) is 16.5. The van der Waals surface area contributed by atoms with E-state index < -0.39 is 11.9 Å². The van der Waals surface area contributed by atoms with Crippen molar-refractivity contribution >= 4 is 22.6 Å². The van der Waals surface area contributed by atoms with Crippen molar-refractivity contribution in [1.82, 2.24) is 10.6 Å². The maximum atomic E-state index is 12.4. The van der Waals surface area contributed by atoms with Crippen molar-refractivity contribution in [2.75, 3.05) is 13.1 Å². The van der Waals surface area contributed by atoms with Crippen molar-refractivity contribution in [2.24, 2.45) is 11.7 Å². The summed E-state index contributed by atoms with van der Waals surface area (Å²) in [7, 11) is 0. The first-order valence-corrected chi connectivity index (χ1v) is 8.41. The van der Waals surface area contributed by atoms with E-state index in [0.29, 0.717) is 6.42 Å². The number of amides is 2. The molecule has 0 spiro atoms. The van der Waals surface area contributed by atoms with E-state index in [2.05, 4.69) is 10.6 Å². The maximum absolute atomic E-state index is 12.4. The molecule has 1 atom stereocenters. The van der Waals surface area contributed by atoms with Gasteiger partial charge in [-0.3, -0.25) is 9.59 Å². The maximum Gasteiger partial charge on any atom is 0.240 e. The third kappa shape index (κ3) is 3.92. The van der Waals surface area contributed by atoms with E-state index in [0.717, 1.165) is 42.3 Å². The van der Waals surface area contributed by atoms with Crippen molar-refractivity contribution in [3.05, 3.63) is 48.0 Å². The lowest BCUT2D eigenvalue weighted by molar-refractivity contribution is -0.130. The highest BCUT2D eigenvalue weighted by atomic mass is 16.2. The van der Waals surface area contributed by atoms with Crippen molar-refractivity contribution in [3.63, 3.8) is 0 Å². The summed E-state index contributed by atoms with van der Waals surface area (Å²) in [5.74, 6) is -0.601. The standard InChI is InChI=1S/C19H23N3O2/c20-18(23)17(22-19(24)15-7-9-21-10-8-15)12-13-5-6-14-3-1-2-4-16(14)11-13/h1-6,11,15,17,21H,7-10,12H2,(H2,20,23)(H,22,24)/t17-/m1/s1. The molecule has 1 fully saturated rings. The van der Waals surface area contributed by atoms with Crippen LogP contribution in [0.3, 0.4) is 0 Å². The van der Waals surface area contributed by atoms with E-state index in [4.69, 9.17) is 5.73 Å². The van der Waals surface area contributed by atoms with Crippen LogP contribution in [-0.4, -0.2) is 30.9 Å². The molecule has 2 amide bonds. The van der Waals surface area contributed by atoms with Crippen LogP contribution >= 0.6 is 0 Å². The Labute approximate surface area is 141 Å². The van der Waals surface area contributed by atoms with Gasteiger partial charge in [0.15, 0.2) is 0 Å². The van der Waals surface area contributed by atoms with Crippen LogP contribution in [0.15, 0.2) is 42.5 Å². The molecule has 1 aliphatic heterocycles. The van der Waals surface area contributed by atoms with Crippen LogP contribution in [0.25, 0.3) is 10.8 Å². The molecule has 5 heteroatoms. The Morgan fingerprint density at radius 2 is 1.83 bits per heavy atom. The van der Waals surface area contributed by atoms with Gasteiger partial charge >= 0.3 is 0 Å². The molecule has 0 aliphatic carbocycles. The minimum atomic E-state index is -0.673. The fourth-order valence-electron chi connectivity index (χ4n) is 3.20.